The standard InChI is InChI=1S/C14H28N2/c1-3-13-5-8-16(9-6-13)14(11-15)7-4-12(2)10-14/h12-13H,3-11,15H2,1-2H3. The van der Waals surface area contributed by atoms with Crippen LogP contribution in [-0.4, -0.2) is 30.1 Å². The molecular formula is C14H28N2. The van der Waals surface area contributed by atoms with E-state index in [0.717, 1.165) is 18.4 Å². The number of hydrogen-bond donors (Lipinski definition) is 1. The largest absolute Gasteiger partial charge is 0.329 e. The van der Waals surface area contributed by atoms with E-state index < -0.39 is 0 Å². The molecule has 0 amide bonds. The third-order valence-corrected chi connectivity index (χ3v) is 5.07. The molecule has 2 aliphatic rings. The highest BCUT2D eigenvalue weighted by molar-refractivity contribution is 4.99. The molecule has 0 aromatic rings. The van der Waals surface area contributed by atoms with Crippen molar-refractivity contribution >= 4 is 0 Å². The number of nitrogens with zero attached hydrogens (tertiary/aromatic N) is 1. The van der Waals surface area contributed by atoms with Gasteiger partial charge in [0.15, 0.2) is 0 Å². The van der Waals surface area contributed by atoms with Crippen LogP contribution in [0.15, 0.2) is 0 Å². The molecule has 1 aliphatic heterocycles. The second-order valence-corrected chi connectivity index (χ2v) is 6.12. The normalized spacial score (nSPS) is 38.1. The SMILES string of the molecule is CCC1CCN(C2(CN)CCC(C)C2)CC1. The number of rotatable bonds is 3. The van der Waals surface area contributed by atoms with Gasteiger partial charge in [0.25, 0.3) is 0 Å². The Morgan fingerprint density at radius 2 is 1.94 bits per heavy atom. The molecular weight excluding hydrogens is 196 g/mol. The summed E-state index contributed by atoms with van der Waals surface area (Å²) in [5.74, 6) is 1.86. The van der Waals surface area contributed by atoms with Gasteiger partial charge in [0.05, 0.1) is 0 Å². The molecule has 1 heterocycles. The average molecular weight is 224 g/mol. The first-order valence-electron chi connectivity index (χ1n) is 7.15. The van der Waals surface area contributed by atoms with Crippen LogP contribution in [-0.2, 0) is 0 Å². The van der Waals surface area contributed by atoms with Crippen LogP contribution in [0.4, 0.5) is 0 Å². The van der Waals surface area contributed by atoms with E-state index in [9.17, 15) is 0 Å². The van der Waals surface area contributed by atoms with Crippen LogP contribution in [0.25, 0.3) is 0 Å². The van der Waals surface area contributed by atoms with Gasteiger partial charge < -0.3 is 5.73 Å². The van der Waals surface area contributed by atoms with Gasteiger partial charge in [-0.25, -0.2) is 0 Å². The third kappa shape index (κ3) is 2.28. The van der Waals surface area contributed by atoms with Crippen LogP contribution in [0.2, 0.25) is 0 Å². The molecule has 0 spiro atoms. The maximum Gasteiger partial charge on any atom is 0.0334 e. The minimum atomic E-state index is 0.373. The van der Waals surface area contributed by atoms with Crippen molar-refractivity contribution in [3.8, 4) is 0 Å². The summed E-state index contributed by atoms with van der Waals surface area (Å²) in [6.45, 7) is 8.17. The highest BCUT2D eigenvalue weighted by atomic mass is 15.2. The zero-order chi connectivity index (χ0) is 11.6. The van der Waals surface area contributed by atoms with Gasteiger partial charge in [-0.3, -0.25) is 4.90 Å². The van der Waals surface area contributed by atoms with Gasteiger partial charge in [-0.1, -0.05) is 20.3 Å². The van der Waals surface area contributed by atoms with Crippen molar-refractivity contribution in [1.29, 1.82) is 0 Å². The number of likely N-dealkylation sites (tertiary alicyclic amines) is 1. The lowest BCUT2D eigenvalue weighted by Gasteiger charge is -2.44. The minimum absolute atomic E-state index is 0.373. The molecule has 2 atom stereocenters. The highest BCUT2D eigenvalue weighted by Crippen LogP contribution is 2.40. The molecule has 0 aromatic heterocycles. The van der Waals surface area contributed by atoms with E-state index in [4.69, 9.17) is 5.73 Å². The van der Waals surface area contributed by atoms with Gasteiger partial charge in [0.2, 0.25) is 0 Å². The molecule has 16 heavy (non-hydrogen) atoms. The van der Waals surface area contributed by atoms with Crippen LogP contribution in [0, 0.1) is 11.8 Å². The lowest BCUT2D eigenvalue weighted by Crippen LogP contribution is -2.54. The molecule has 0 aromatic carbocycles. The van der Waals surface area contributed by atoms with Crippen molar-refractivity contribution in [2.75, 3.05) is 19.6 Å². The molecule has 2 nitrogen and oxygen atoms in total. The molecule has 0 bridgehead atoms. The first-order chi connectivity index (χ1) is 7.70. The number of nitrogens with two attached hydrogens (primary N) is 1. The zero-order valence-corrected chi connectivity index (χ0v) is 11.0. The quantitative estimate of drug-likeness (QED) is 0.798. The summed E-state index contributed by atoms with van der Waals surface area (Å²) in [5, 5.41) is 0. The second kappa shape index (κ2) is 5.05. The molecule has 1 aliphatic carbocycles. The first kappa shape index (κ1) is 12.4. The summed E-state index contributed by atoms with van der Waals surface area (Å²) < 4.78 is 0. The van der Waals surface area contributed by atoms with Crippen molar-refractivity contribution in [3.63, 3.8) is 0 Å². The van der Waals surface area contributed by atoms with Crippen LogP contribution < -0.4 is 5.73 Å². The van der Waals surface area contributed by atoms with E-state index >= 15 is 0 Å². The van der Waals surface area contributed by atoms with Crippen LogP contribution >= 0.6 is 0 Å². The summed E-state index contributed by atoms with van der Waals surface area (Å²) in [4.78, 5) is 2.72. The fourth-order valence-corrected chi connectivity index (χ4v) is 3.79. The fourth-order valence-electron chi connectivity index (χ4n) is 3.79. The molecule has 0 radical (unpaired) electrons. The molecule has 2 N–H and O–H groups in total. The van der Waals surface area contributed by atoms with Crippen molar-refractivity contribution in [2.24, 2.45) is 17.6 Å². The van der Waals surface area contributed by atoms with E-state index in [1.165, 1.54) is 51.6 Å². The van der Waals surface area contributed by atoms with E-state index in [1.807, 2.05) is 0 Å². The van der Waals surface area contributed by atoms with Crippen molar-refractivity contribution in [1.82, 2.24) is 4.90 Å². The Balaban J connectivity index is 1.96. The molecule has 94 valence electrons. The Kier molecular flexibility index (Phi) is 3.91. The summed E-state index contributed by atoms with van der Waals surface area (Å²) in [5.41, 5.74) is 6.46. The van der Waals surface area contributed by atoms with E-state index in [1.54, 1.807) is 0 Å². The third-order valence-electron chi connectivity index (χ3n) is 5.07. The Bertz CT molecular complexity index is 221. The lowest BCUT2D eigenvalue weighted by molar-refractivity contribution is 0.0558. The van der Waals surface area contributed by atoms with Gasteiger partial charge in [-0.15, -0.1) is 0 Å². The van der Waals surface area contributed by atoms with Gasteiger partial charge in [0, 0.05) is 12.1 Å². The molecule has 2 fully saturated rings. The summed E-state index contributed by atoms with van der Waals surface area (Å²) in [6, 6.07) is 0. The summed E-state index contributed by atoms with van der Waals surface area (Å²) in [6.07, 6.45) is 8.20. The summed E-state index contributed by atoms with van der Waals surface area (Å²) in [7, 11) is 0. The number of piperidine rings is 1. The van der Waals surface area contributed by atoms with Crippen molar-refractivity contribution in [2.45, 2.75) is 57.9 Å². The first-order valence-corrected chi connectivity index (χ1v) is 7.15. The van der Waals surface area contributed by atoms with Gasteiger partial charge in [-0.05, 0) is 57.0 Å². The maximum atomic E-state index is 6.09. The predicted molar refractivity (Wildman–Crippen MR) is 69.4 cm³/mol. The zero-order valence-electron chi connectivity index (χ0n) is 11.0. The topological polar surface area (TPSA) is 29.3 Å². The van der Waals surface area contributed by atoms with Gasteiger partial charge >= 0.3 is 0 Å². The van der Waals surface area contributed by atoms with Crippen molar-refractivity contribution in [3.05, 3.63) is 0 Å². The molecule has 2 unspecified atom stereocenters. The molecule has 1 saturated heterocycles. The Morgan fingerprint density at radius 1 is 1.25 bits per heavy atom. The van der Waals surface area contributed by atoms with Gasteiger partial charge in [-0.2, -0.15) is 0 Å². The molecule has 2 rings (SSSR count). The van der Waals surface area contributed by atoms with Crippen molar-refractivity contribution < 1.29 is 0 Å². The minimum Gasteiger partial charge on any atom is -0.329 e. The molecule has 2 heteroatoms. The lowest BCUT2D eigenvalue weighted by atomic mass is 9.87. The Morgan fingerprint density at radius 3 is 2.38 bits per heavy atom. The van der Waals surface area contributed by atoms with Gasteiger partial charge in [0.1, 0.15) is 0 Å². The van der Waals surface area contributed by atoms with Crippen LogP contribution in [0.3, 0.4) is 0 Å². The highest BCUT2D eigenvalue weighted by Gasteiger charge is 2.42. The second-order valence-electron chi connectivity index (χ2n) is 6.12. The Hall–Kier alpha value is -0.0800. The predicted octanol–water partition coefficient (Wildman–Crippen LogP) is 2.63. The average Bonchev–Trinajstić information content (AvgIpc) is 2.72. The monoisotopic (exact) mass is 224 g/mol. The maximum absolute atomic E-state index is 6.09. The molecule has 1 saturated carbocycles. The number of hydrogen-bond acceptors (Lipinski definition) is 2. The van der Waals surface area contributed by atoms with E-state index in [0.29, 0.717) is 5.54 Å². The smallest absolute Gasteiger partial charge is 0.0334 e. The summed E-state index contributed by atoms with van der Waals surface area (Å²) >= 11 is 0. The fraction of sp³-hybridized carbons (Fsp3) is 1.00. The van der Waals surface area contributed by atoms with Crippen LogP contribution in [0.5, 0.6) is 0 Å². The van der Waals surface area contributed by atoms with E-state index in [2.05, 4.69) is 18.7 Å². The Labute approximate surface area is 101 Å². The van der Waals surface area contributed by atoms with E-state index in [-0.39, 0.29) is 0 Å². The van der Waals surface area contributed by atoms with Crippen LogP contribution in [0.1, 0.15) is 52.4 Å².